The van der Waals surface area contributed by atoms with Gasteiger partial charge in [0.15, 0.2) is 5.54 Å². The van der Waals surface area contributed by atoms with Crippen LogP contribution in [0.15, 0.2) is 30.8 Å². The van der Waals surface area contributed by atoms with Gasteiger partial charge in [-0.1, -0.05) is 36.9 Å². The van der Waals surface area contributed by atoms with E-state index in [2.05, 4.69) is 6.58 Å². The van der Waals surface area contributed by atoms with E-state index in [4.69, 9.17) is 0 Å². The number of hydrogen-bond acceptors (Lipinski definition) is 2. The molecule has 2 rings (SSSR count). The van der Waals surface area contributed by atoms with E-state index in [9.17, 15) is 9.59 Å². The first-order valence-electron chi connectivity index (χ1n) is 5.16. The second-order valence-corrected chi connectivity index (χ2v) is 5.98. The van der Waals surface area contributed by atoms with Gasteiger partial charge in [0.2, 0.25) is 0 Å². The van der Waals surface area contributed by atoms with E-state index in [-0.39, 0.29) is 11.9 Å². The van der Waals surface area contributed by atoms with E-state index in [1.165, 1.54) is 3.11 Å². The first-order valence-corrected chi connectivity index (χ1v) is 7.09. The third kappa shape index (κ3) is 1.85. The Morgan fingerprint density at radius 1 is 1.22 bits per heavy atom. The highest BCUT2D eigenvalue weighted by Gasteiger charge is 2.54. The Balaban J connectivity index is 2.50. The van der Waals surface area contributed by atoms with E-state index in [0.717, 1.165) is 14.2 Å². The van der Waals surface area contributed by atoms with Crippen LogP contribution in [0.1, 0.15) is 18.1 Å². The lowest BCUT2D eigenvalue weighted by molar-refractivity contribution is -0.127. The predicted octanol–water partition coefficient (Wildman–Crippen LogP) is 3.51. The zero-order valence-electron chi connectivity index (χ0n) is 9.56. The second-order valence-electron chi connectivity index (χ2n) is 4.05. The maximum atomic E-state index is 12.2. The number of benzene rings is 1. The van der Waals surface area contributed by atoms with E-state index in [0.29, 0.717) is 0 Å². The molecule has 1 unspecified atom stereocenters. The SMILES string of the molecule is C=Cc1ccc(C2(C)C(=O)N(I)C(=O)N2I)cc1. The molecule has 1 heterocycles. The van der Waals surface area contributed by atoms with Crippen molar-refractivity contribution in [1.29, 1.82) is 0 Å². The third-order valence-corrected chi connectivity index (χ3v) is 5.26. The minimum absolute atomic E-state index is 0.228. The smallest absolute Gasteiger partial charge is 0.270 e. The molecule has 1 aromatic rings. The zero-order valence-corrected chi connectivity index (χ0v) is 13.9. The molecule has 0 aliphatic carbocycles. The van der Waals surface area contributed by atoms with Crippen LogP contribution in [0.25, 0.3) is 6.08 Å². The molecule has 0 saturated carbocycles. The number of urea groups is 1. The summed E-state index contributed by atoms with van der Waals surface area (Å²) in [7, 11) is 0. The van der Waals surface area contributed by atoms with Crippen LogP contribution in [0.2, 0.25) is 0 Å². The topological polar surface area (TPSA) is 40.6 Å². The van der Waals surface area contributed by atoms with Crippen molar-refractivity contribution in [2.24, 2.45) is 0 Å². The minimum Gasteiger partial charge on any atom is -0.270 e. The number of nitrogens with zero attached hydrogens (tertiary/aromatic N) is 2. The molecule has 0 N–H and O–H groups in total. The Labute approximate surface area is 133 Å². The van der Waals surface area contributed by atoms with Crippen LogP contribution >= 0.6 is 45.7 Å². The third-order valence-electron chi connectivity index (χ3n) is 3.03. The first-order chi connectivity index (χ1) is 8.42. The number of rotatable bonds is 2. The van der Waals surface area contributed by atoms with Crippen molar-refractivity contribution in [1.82, 2.24) is 6.23 Å². The molecule has 1 aromatic carbocycles. The molecule has 1 atom stereocenters. The highest BCUT2D eigenvalue weighted by molar-refractivity contribution is 14.1. The minimum atomic E-state index is -0.946. The summed E-state index contributed by atoms with van der Waals surface area (Å²) in [4.78, 5) is 24.1. The van der Waals surface area contributed by atoms with E-state index < -0.39 is 5.54 Å². The number of imide groups is 1. The molecule has 18 heavy (non-hydrogen) atoms. The number of carbonyl (C=O) groups excluding carboxylic acids is 2. The van der Waals surface area contributed by atoms with E-state index >= 15 is 0 Å². The molecule has 0 spiro atoms. The summed E-state index contributed by atoms with van der Waals surface area (Å²) >= 11 is 3.62. The fourth-order valence-electron chi connectivity index (χ4n) is 1.81. The van der Waals surface area contributed by atoms with Crippen molar-refractivity contribution in [3.8, 4) is 0 Å². The lowest BCUT2D eigenvalue weighted by Crippen LogP contribution is -2.38. The molecule has 94 valence electrons. The fourth-order valence-corrected chi connectivity index (χ4v) is 3.61. The van der Waals surface area contributed by atoms with Gasteiger partial charge >= 0.3 is 6.03 Å². The Morgan fingerprint density at radius 3 is 2.17 bits per heavy atom. The second kappa shape index (κ2) is 4.80. The summed E-state index contributed by atoms with van der Waals surface area (Å²) in [5.74, 6) is -0.228. The van der Waals surface area contributed by atoms with Crippen molar-refractivity contribution in [2.45, 2.75) is 12.5 Å². The summed E-state index contributed by atoms with van der Waals surface area (Å²) < 4.78 is 2.55. The van der Waals surface area contributed by atoms with Crippen molar-refractivity contribution in [3.05, 3.63) is 42.0 Å². The van der Waals surface area contributed by atoms with Crippen LogP contribution in [-0.4, -0.2) is 18.2 Å². The van der Waals surface area contributed by atoms with Crippen molar-refractivity contribution in [2.75, 3.05) is 0 Å². The molecule has 1 fully saturated rings. The molecule has 3 amide bonds. The van der Waals surface area contributed by atoms with Gasteiger partial charge in [-0.3, -0.25) is 4.79 Å². The lowest BCUT2D eigenvalue weighted by Gasteiger charge is -2.26. The molecule has 0 bridgehead atoms. The Morgan fingerprint density at radius 2 is 1.78 bits per heavy atom. The van der Waals surface area contributed by atoms with Gasteiger partial charge in [0.05, 0.1) is 45.7 Å². The highest BCUT2D eigenvalue weighted by Crippen LogP contribution is 2.41. The molecule has 1 saturated heterocycles. The van der Waals surface area contributed by atoms with Crippen LogP contribution in [0.4, 0.5) is 4.79 Å². The Kier molecular flexibility index (Phi) is 3.67. The molecule has 1 aliphatic rings. The number of halogens is 2. The van der Waals surface area contributed by atoms with Crippen LogP contribution in [0.3, 0.4) is 0 Å². The van der Waals surface area contributed by atoms with Gasteiger partial charge in [-0.2, -0.15) is 3.11 Å². The van der Waals surface area contributed by atoms with Gasteiger partial charge in [0.25, 0.3) is 5.91 Å². The standard InChI is InChI=1S/C12H10I2N2O2/c1-3-8-4-6-9(7-5-8)12(2)10(17)15(13)11(18)16(12)14/h3-7H,1H2,2H3. The monoisotopic (exact) mass is 468 g/mol. The average Bonchev–Trinajstić information content (AvgIpc) is 2.55. The van der Waals surface area contributed by atoms with Crippen molar-refractivity contribution < 1.29 is 9.59 Å². The average molecular weight is 468 g/mol. The van der Waals surface area contributed by atoms with Crippen LogP contribution in [0, 0.1) is 0 Å². The van der Waals surface area contributed by atoms with Gasteiger partial charge < -0.3 is 0 Å². The van der Waals surface area contributed by atoms with Gasteiger partial charge in [-0.25, -0.2) is 7.91 Å². The summed E-state index contributed by atoms with van der Waals surface area (Å²) in [6.45, 7) is 5.44. The van der Waals surface area contributed by atoms with Gasteiger partial charge in [0, 0.05) is 0 Å². The molecule has 4 nitrogen and oxygen atoms in total. The molecular weight excluding hydrogens is 458 g/mol. The maximum Gasteiger partial charge on any atom is 0.345 e. The Bertz CT molecular complexity index is 529. The summed E-state index contributed by atoms with van der Waals surface area (Å²) in [6, 6.07) is 7.15. The van der Waals surface area contributed by atoms with Crippen molar-refractivity contribution in [3.63, 3.8) is 0 Å². The van der Waals surface area contributed by atoms with Crippen LogP contribution < -0.4 is 0 Å². The summed E-state index contributed by atoms with van der Waals surface area (Å²) in [5, 5.41) is 0. The Hall–Kier alpha value is -0.640. The largest absolute Gasteiger partial charge is 0.345 e. The van der Waals surface area contributed by atoms with Crippen LogP contribution in [-0.2, 0) is 10.3 Å². The summed E-state index contributed by atoms with van der Waals surface area (Å²) in [5.41, 5.74) is 0.823. The lowest BCUT2D eigenvalue weighted by atomic mass is 9.91. The molecule has 0 radical (unpaired) electrons. The maximum absolute atomic E-state index is 12.2. The van der Waals surface area contributed by atoms with E-state index in [1.54, 1.807) is 35.9 Å². The van der Waals surface area contributed by atoms with E-state index in [1.807, 2.05) is 47.1 Å². The number of amides is 3. The highest BCUT2D eigenvalue weighted by atomic mass is 127. The molecular formula is C12H10I2N2O2. The van der Waals surface area contributed by atoms with Crippen molar-refractivity contribution >= 4 is 63.7 Å². The fraction of sp³-hybridized carbons (Fsp3) is 0.167. The zero-order chi connectivity index (χ0) is 13.5. The van der Waals surface area contributed by atoms with Gasteiger partial charge in [-0.15, -0.1) is 0 Å². The molecule has 0 aromatic heterocycles. The molecule has 6 heteroatoms. The normalized spacial score (nSPS) is 23.7. The predicted molar refractivity (Wildman–Crippen MR) is 86.0 cm³/mol. The quantitative estimate of drug-likeness (QED) is 0.379. The number of carbonyl (C=O) groups is 2. The summed E-state index contributed by atoms with van der Waals surface area (Å²) in [6.07, 6.45) is 1.74. The molecule has 1 aliphatic heterocycles. The first kappa shape index (κ1) is 13.8. The van der Waals surface area contributed by atoms with Crippen LogP contribution in [0.5, 0.6) is 0 Å². The van der Waals surface area contributed by atoms with Gasteiger partial charge in [-0.05, 0) is 18.1 Å². The van der Waals surface area contributed by atoms with Gasteiger partial charge in [0.1, 0.15) is 0 Å². The number of hydrogen-bond donors (Lipinski definition) is 0.